The molecule has 1 aliphatic carbocycles. The number of carbonyl (C=O) groups excluding carboxylic acids is 1. The van der Waals surface area contributed by atoms with Gasteiger partial charge in [0.15, 0.2) is 0 Å². The molecular weight excluding hydrogens is 244 g/mol. The van der Waals surface area contributed by atoms with Crippen molar-refractivity contribution in [2.24, 2.45) is 23.5 Å². The van der Waals surface area contributed by atoms with Gasteiger partial charge in [0.1, 0.15) is 6.04 Å². The molecule has 0 radical (unpaired) electrons. The van der Waals surface area contributed by atoms with E-state index in [9.17, 15) is 14.7 Å². The number of carboxylic acids is 1. The summed E-state index contributed by atoms with van der Waals surface area (Å²) in [5.41, 5.74) is 5.93. The van der Waals surface area contributed by atoms with Crippen molar-refractivity contribution in [3.63, 3.8) is 0 Å². The van der Waals surface area contributed by atoms with Crippen molar-refractivity contribution in [2.75, 3.05) is 6.54 Å². The maximum Gasteiger partial charge on any atom is 0.326 e. The van der Waals surface area contributed by atoms with Crippen LogP contribution in [0.3, 0.4) is 0 Å². The molecule has 2 fully saturated rings. The molecule has 0 aromatic carbocycles. The number of fused-ring (bicyclic) bond motifs is 1. The number of nitrogens with two attached hydrogens (primary N) is 1. The number of nitrogens with zero attached hydrogens (tertiary/aromatic N) is 1. The molecule has 0 aromatic heterocycles. The highest BCUT2D eigenvalue weighted by atomic mass is 16.4. The summed E-state index contributed by atoms with van der Waals surface area (Å²) >= 11 is 0. The van der Waals surface area contributed by atoms with E-state index in [-0.39, 0.29) is 11.8 Å². The molecule has 0 spiro atoms. The normalized spacial score (nSPS) is 31.6. The van der Waals surface area contributed by atoms with E-state index >= 15 is 0 Å². The number of carboxylic acid groups (broad SMARTS) is 1. The lowest BCUT2D eigenvalue weighted by molar-refractivity contribution is -0.150. The smallest absolute Gasteiger partial charge is 0.326 e. The molecule has 5 nitrogen and oxygen atoms in total. The Labute approximate surface area is 114 Å². The second kappa shape index (κ2) is 5.49. The van der Waals surface area contributed by atoms with E-state index in [4.69, 9.17) is 5.73 Å². The van der Waals surface area contributed by atoms with Gasteiger partial charge in [-0.1, -0.05) is 20.3 Å². The van der Waals surface area contributed by atoms with Crippen LogP contribution < -0.4 is 5.73 Å². The van der Waals surface area contributed by atoms with Crippen LogP contribution in [0.2, 0.25) is 0 Å². The number of carbonyl (C=O) groups is 2. The van der Waals surface area contributed by atoms with Gasteiger partial charge < -0.3 is 15.7 Å². The fourth-order valence-electron chi connectivity index (χ4n) is 3.67. The first-order valence-corrected chi connectivity index (χ1v) is 7.20. The van der Waals surface area contributed by atoms with Gasteiger partial charge in [0.05, 0.1) is 6.04 Å². The van der Waals surface area contributed by atoms with Crippen molar-refractivity contribution in [2.45, 2.75) is 51.6 Å². The zero-order valence-electron chi connectivity index (χ0n) is 11.7. The molecule has 0 aromatic rings. The highest BCUT2D eigenvalue weighted by Gasteiger charge is 2.50. The second-order valence-corrected chi connectivity index (χ2v) is 6.36. The fourth-order valence-corrected chi connectivity index (χ4v) is 3.67. The first-order valence-electron chi connectivity index (χ1n) is 7.20. The first-order chi connectivity index (χ1) is 8.91. The van der Waals surface area contributed by atoms with Gasteiger partial charge in [-0.15, -0.1) is 0 Å². The van der Waals surface area contributed by atoms with Gasteiger partial charge >= 0.3 is 5.97 Å². The summed E-state index contributed by atoms with van der Waals surface area (Å²) in [6.07, 6.45) is 3.65. The Kier molecular flexibility index (Phi) is 4.13. The highest BCUT2D eigenvalue weighted by Crippen LogP contribution is 2.42. The lowest BCUT2D eigenvalue weighted by Crippen LogP contribution is -2.50. The average molecular weight is 268 g/mol. The zero-order valence-corrected chi connectivity index (χ0v) is 11.7. The molecule has 108 valence electrons. The van der Waals surface area contributed by atoms with Gasteiger partial charge in [-0.2, -0.15) is 0 Å². The van der Waals surface area contributed by atoms with E-state index in [0.29, 0.717) is 24.8 Å². The van der Waals surface area contributed by atoms with E-state index in [0.717, 1.165) is 19.3 Å². The number of amides is 1. The molecule has 3 N–H and O–H groups in total. The van der Waals surface area contributed by atoms with Gasteiger partial charge in [-0.25, -0.2) is 4.79 Å². The summed E-state index contributed by atoms with van der Waals surface area (Å²) in [6.45, 7) is 4.60. The first kappa shape index (κ1) is 14.3. The van der Waals surface area contributed by atoms with Crippen LogP contribution in [0.15, 0.2) is 0 Å². The summed E-state index contributed by atoms with van der Waals surface area (Å²) in [5.74, 6) is -0.233. The zero-order chi connectivity index (χ0) is 14.2. The van der Waals surface area contributed by atoms with Crippen LogP contribution in [0, 0.1) is 17.8 Å². The molecule has 1 heterocycles. The minimum atomic E-state index is -0.875. The monoisotopic (exact) mass is 268 g/mol. The van der Waals surface area contributed by atoms with E-state index in [1.54, 1.807) is 0 Å². The number of likely N-dealkylation sites (tertiary alicyclic amines) is 1. The van der Waals surface area contributed by atoms with Crippen LogP contribution in [-0.4, -0.2) is 40.5 Å². The van der Waals surface area contributed by atoms with Crippen LogP contribution in [0.5, 0.6) is 0 Å². The minimum absolute atomic E-state index is 0.132. The molecule has 1 amide bonds. The Balaban J connectivity index is 2.10. The van der Waals surface area contributed by atoms with E-state index in [1.165, 1.54) is 4.90 Å². The van der Waals surface area contributed by atoms with Gasteiger partial charge in [-0.05, 0) is 37.0 Å². The molecule has 0 bridgehead atoms. The third kappa shape index (κ3) is 2.76. The Morgan fingerprint density at radius 2 is 2.05 bits per heavy atom. The molecule has 1 saturated heterocycles. The van der Waals surface area contributed by atoms with Crippen molar-refractivity contribution < 1.29 is 14.7 Å². The van der Waals surface area contributed by atoms with Crippen LogP contribution >= 0.6 is 0 Å². The lowest BCUT2D eigenvalue weighted by Gasteiger charge is -2.27. The Bertz CT molecular complexity index is 370. The van der Waals surface area contributed by atoms with Gasteiger partial charge in [0.25, 0.3) is 0 Å². The Morgan fingerprint density at radius 1 is 1.37 bits per heavy atom. The molecule has 19 heavy (non-hydrogen) atoms. The standard InChI is InChI=1S/C14H24N2O3/c1-8(2)6-11(15)13(17)16-7-9-4-3-5-10(9)12(16)14(18)19/h8-12H,3-7,15H2,1-2H3,(H,18,19)/t9?,10?,11-,12?/m1/s1. The molecule has 1 aliphatic heterocycles. The van der Waals surface area contributed by atoms with Crippen LogP contribution in [0.1, 0.15) is 39.5 Å². The highest BCUT2D eigenvalue weighted by molar-refractivity contribution is 5.87. The topological polar surface area (TPSA) is 83.6 Å². The minimum Gasteiger partial charge on any atom is -0.480 e. The van der Waals surface area contributed by atoms with Crippen molar-refractivity contribution in [1.82, 2.24) is 4.90 Å². The average Bonchev–Trinajstić information content (AvgIpc) is 2.84. The Morgan fingerprint density at radius 3 is 2.63 bits per heavy atom. The predicted molar refractivity (Wildman–Crippen MR) is 71.4 cm³/mol. The van der Waals surface area contributed by atoms with Gasteiger partial charge in [0.2, 0.25) is 5.91 Å². The second-order valence-electron chi connectivity index (χ2n) is 6.36. The summed E-state index contributed by atoms with van der Waals surface area (Å²) in [7, 11) is 0. The molecular formula is C14H24N2O3. The van der Waals surface area contributed by atoms with Crippen LogP contribution in [0.4, 0.5) is 0 Å². The molecule has 2 aliphatic rings. The number of rotatable bonds is 4. The van der Waals surface area contributed by atoms with Crippen molar-refractivity contribution >= 4 is 11.9 Å². The lowest BCUT2D eigenvalue weighted by atomic mass is 9.94. The van der Waals surface area contributed by atoms with E-state index < -0.39 is 18.1 Å². The summed E-state index contributed by atoms with van der Waals surface area (Å²) < 4.78 is 0. The van der Waals surface area contributed by atoms with Gasteiger partial charge in [0, 0.05) is 6.54 Å². The summed E-state index contributed by atoms with van der Waals surface area (Å²) in [6, 6.07) is -1.22. The van der Waals surface area contributed by atoms with E-state index in [2.05, 4.69) is 0 Å². The molecule has 1 saturated carbocycles. The number of hydrogen-bond donors (Lipinski definition) is 2. The maximum atomic E-state index is 12.4. The molecule has 3 unspecified atom stereocenters. The van der Waals surface area contributed by atoms with Crippen LogP contribution in [0.25, 0.3) is 0 Å². The van der Waals surface area contributed by atoms with Crippen molar-refractivity contribution in [3.8, 4) is 0 Å². The largest absolute Gasteiger partial charge is 0.480 e. The molecule has 2 rings (SSSR count). The van der Waals surface area contributed by atoms with Crippen LogP contribution in [-0.2, 0) is 9.59 Å². The Hall–Kier alpha value is -1.10. The number of hydrogen-bond acceptors (Lipinski definition) is 3. The third-order valence-corrected chi connectivity index (χ3v) is 4.47. The van der Waals surface area contributed by atoms with Crippen molar-refractivity contribution in [3.05, 3.63) is 0 Å². The maximum absolute atomic E-state index is 12.4. The summed E-state index contributed by atoms with van der Waals surface area (Å²) in [4.78, 5) is 25.4. The fraction of sp³-hybridized carbons (Fsp3) is 0.857. The molecule has 4 atom stereocenters. The third-order valence-electron chi connectivity index (χ3n) is 4.47. The van der Waals surface area contributed by atoms with Crippen molar-refractivity contribution in [1.29, 1.82) is 0 Å². The van der Waals surface area contributed by atoms with E-state index in [1.807, 2.05) is 13.8 Å². The predicted octanol–water partition coefficient (Wildman–Crippen LogP) is 1.07. The quantitative estimate of drug-likeness (QED) is 0.799. The summed E-state index contributed by atoms with van der Waals surface area (Å²) in [5, 5.41) is 9.41. The molecule has 5 heteroatoms. The van der Waals surface area contributed by atoms with Gasteiger partial charge in [-0.3, -0.25) is 4.79 Å². The number of aliphatic carboxylic acids is 1. The SMILES string of the molecule is CC(C)C[C@@H](N)C(=O)N1CC2CCCC2C1C(=O)O.